The van der Waals surface area contributed by atoms with Gasteiger partial charge in [0.2, 0.25) is 11.5 Å². The summed E-state index contributed by atoms with van der Waals surface area (Å²) in [5.74, 6) is 0.808. The van der Waals surface area contributed by atoms with E-state index in [-0.39, 0.29) is 16.5 Å². The van der Waals surface area contributed by atoms with Gasteiger partial charge in [-0.3, -0.25) is 9.48 Å². The molecule has 0 fully saturated rings. The van der Waals surface area contributed by atoms with Gasteiger partial charge in [0.05, 0.1) is 38.1 Å². The number of benzene rings is 1. The van der Waals surface area contributed by atoms with Gasteiger partial charge in [-0.15, -0.1) is 0 Å². The maximum atomic E-state index is 12.7. The van der Waals surface area contributed by atoms with Crippen LogP contribution >= 0.6 is 11.6 Å². The fourth-order valence-corrected chi connectivity index (χ4v) is 2.33. The number of nitrogens with zero attached hydrogens (tertiary/aromatic N) is 2. The molecule has 1 aromatic carbocycles. The molecule has 0 bridgehead atoms. The van der Waals surface area contributed by atoms with Crippen molar-refractivity contribution in [2.24, 2.45) is 7.05 Å². The predicted octanol–water partition coefficient (Wildman–Crippen LogP) is 2.33. The monoisotopic (exact) mass is 310 g/mol. The topological polar surface area (TPSA) is 62.6 Å². The number of carbonyl (C=O) groups excluding carboxylic acids is 1. The van der Waals surface area contributed by atoms with Gasteiger partial charge in [-0.05, 0) is 12.1 Å². The van der Waals surface area contributed by atoms with Gasteiger partial charge in [-0.25, -0.2) is 0 Å². The number of ketones is 1. The zero-order valence-corrected chi connectivity index (χ0v) is 12.9. The average Bonchev–Trinajstić information content (AvgIpc) is 2.83. The minimum absolute atomic E-state index is 0.277. The molecule has 0 aliphatic heterocycles. The second-order valence-electron chi connectivity index (χ2n) is 4.18. The van der Waals surface area contributed by atoms with E-state index in [1.165, 1.54) is 32.2 Å². The molecule has 2 rings (SSSR count). The molecule has 21 heavy (non-hydrogen) atoms. The Balaban J connectivity index is 2.62. The number of carbonyl (C=O) groups is 1. The van der Waals surface area contributed by atoms with Crippen LogP contribution in [0.5, 0.6) is 17.2 Å². The second-order valence-corrected chi connectivity index (χ2v) is 4.58. The normalized spacial score (nSPS) is 10.3. The number of hydrogen-bond acceptors (Lipinski definition) is 5. The van der Waals surface area contributed by atoms with E-state index in [4.69, 9.17) is 25.8 Å². The molecule has 0 amide bonds. The van der Waals surface area contributed by atoms with Crippen LogP contribution in [0.4, 0.5) is 0 Å². The van der Waals surface area contributed by atoms with Crippen LogP contribution in [0.2, 0.25) is 5.02 Å². The highest BCUT2D eigenvalue weighted by molar-refractivity contribution is 6.34. The third kappa shape index (κ3) is 2.54. The molecule has 1 heterocycles. The molecule has 0 unspecified atom stereocenters. The van der Waals surface area contributed by atoms with E-state index < -0.39 is 0 Å². The summed E-state index contributed by atoms with van der Waals surface area (Å²) >= 11 is 6.02. The molecule has 7 heteroatoms. The minimum atomic E-state index is -0.308. The summed E-state index contributed by atoms with van der Waals surface area (Å²) in [6.07, 6.45) is 1.42. The molecule has 0 atom stereocenters. The van der Waals surface area contributed by atoms with Crippen molar-refractivity contribution < 1.29 is 19.0 Å². The van der Waals surface area contributed by atoms with E-state index in [9.17, 15) is 4.79 Å². The van der Waals surface area contributed by atoms with Crippen molar-refractivity contribution in [3.63, 3.8) is 0 Å². The molecule has 0 radical (unpaired) electrons. The highest BCUT2D eigenvalue weighted by atomic mass is 35.5. The molecule has 1 aromatic heterocycles. The zero-order chi connectivity index (χ0) is 15.6. The number of rotatable bonds is 5. The minimum Gasteiger partial charge on any atom is -0.493 e. The van der Waals surface area contributed by atoms with Crippen LogP contribution in [0.3, 0.4) is 0 Å². The van der Waals surface area contributed by atoms with E-state index in [0.29, 0.717) is 22.8 Å². The maximum absolute atomic E-state index is 12.7. The van der Waals surface area contributed by atoms with Crippen molar-refractivity contribution in [2.45, 2.75) is 0 Å². The smallest absolute Gasteiger partial charge is 0.216 e. The van der Waals surface area contributed by atoms with Crippen molar-refractivity contribution in [2.75, 3.05) is 21.3 Å². The quantitative estimate of drug-likeness (QED) is 0.793. The fourth-order valence-electron chi connectivity index (χ4n) is 2.07. The molecule has 0 spiro atoms. The standard InChI is InChI=1S/C14H15ClN2O4/c1-17-11(9(15)7-16-17)12(18)8-5-6-10(19-2)14(21-4)13(8)20-3/h5-7H,1-4H3. The van der Waals surface area contributed by atoms with Crippen molar-refractivity contribution in [1.82, 2.24) is 9.78 Å². The highest BCUT2D eigenvalue weighted by Crippen LogP contribution is 2.40. The molecule has 0 saturated heterocycles. The van der Waals surface area contributed by atoms with Crippen molar-refractivity contribution in [3.05, 3.63) is 34.6 Å². The number of aromatic nitrogens is 2. The van der Waals surface area contributed by atoms with Crippen LogP contribution < -0.4 is 14.2 Å². The Kier molecular flexibility index (Phi) is 4.37. The zero-order valence-electron chi connectivity index (χ0n) is 12.1. The van der Waals surface area contributed by atoms with E-state index in [0.717, 1.165) is 0 Å². The Morgan fingerprint density at radius 2 is 1.81 bits per heavy atom. The van der Waals surface area contributed by atoms with Crippen LogP contribution in [0.15, 0.2) is 18.3 Å². The lowest BCUT2D eigenvalue weighted by Gasteiger charge is -2.15. The SMILES string of the molecule is COc1ccc(C(=O)c2c(Cl)cnn2C)c(OC)c1OC. The van der Waals surface area contributed by atoms with Gasteiger partial charge in [0.25, 0.3) is 0 Å². The Morgan fingerprint density at radius 3 is 2.29 bits per heavy atom. The van der Waals surface area contributed by atoms with Crippen LogP contribution in [0.25, 0.3) is 0 Å². The van der Waals surface area contributed by atoms with Crippen LogP contribution in [-0.2, 0) is 7.05 Å². The van der Waals surface area contributed by atoms with E-state index in [2.05, 4.69) is 5.10 Å². The average molecular weight is 311 g/mol. The van der Waals surface area contributed by atoms with E-state index in [1.54, 1.807) is 19.2 Å². The number of methoxy groups -OCH3 is 3. The number of hydrogen-bond donors (Lipinski definition) is 0. The summed E-state index contributed by atoms with van der Waals surface area (Å²) in [5.41, 5.74) is 0.600. The first-order valence-electron chi connectivity index (χ1n) is 6.06. The molecular weight excluding hydrogens is 296 g/mol. The van der Waals surface area contributed by atoms with Gasteiger partial charge in [-0.1, -0.05) is 11.6 Å². The van der Waals surface area contributed by atoms with Crippen LogP contribution in [-0.4, -0.2) is 36.9 Å². The van der Waals surface area contributed by atoms with Crippen LogP contribution in [0.1, 0.15) is 16.1 Å². The predicted molar refractivity (Wildman–Crippen MR) is 77.7 cm³/mol. The first kappa shape index (κ1) is 15.2. The summed E-state index contributed by atoms with van der Waals surface area (Å²) < 4.78 is 17.2. The number of ether oxygens (including phenoxy) is 3. The third-order valence-corrected chi connectivity index (χ3v) is 3.33. The second kappa shape index (κ2) is 6.05. The Hall–Kier alpha value is -2.21. The largest absolute Gasteiger partial charge is 0.493 e. The Labute approximate surface area is 127 Å². The molecule has 2 aromatic rings. The highest BCUT2D eigenvalue weighted by Gasteiger charge is 2.25. The van der Waals surface area contributed by atoms with Crippen molar-refractivity contribution in [3.8, 4) is 17.2 Å². The summed E-state index contributed by atoms with van der Waals surface area (Å²) in [7, 11) is 6.09. The third-order valence-electron chi connectivity index (χ3n) is 3.06. The summed E-state index contributed by atoms with van der Waals surface area (Å²) in [6.45, 7) is 0. The van der Waals surface area contributed by atoms with Gasteiger partial charge >= 0.3 is 0 Å². The van der Waals surface area contributed by atoms with Crippen LogP contribution in [0, 0.1) is 0 Å². The van der Waals surface area contributed by atoms with Gasteiger partial charge in [0, 0.05) is 7.05 Å². The van der Waals surface area contributed by atoms with Gasteiger partial charge < -0.3 is 14.2 Å². The van der Waals surface area contributed by atoms with E-state index in [1.807, 2.05) is 0 Å². The maximum Gasteiger partial charge on any atom is 0.216 e. The summed E-state index contributed by atoms with van der Waals surface area (Å²) in [4.78, 5) is 12.7. The Bertz CT molecular complexity index is 662. The van der Waals surface area contributed by atoms with Crippen molar-refractivity contribution >= 4 is 17.4 Å². The molecule has 6 nitrogen and oxygen atoms in total. The van der Waals surface area contributed by atoms with Gasteiger partial charge in [0.1, 0.15) is 5.69 Å². The lowest BCUT2D eigenvalue weighted by molar-refractivity contribution is 0.102. The molecule has 0 saturated carbocycles. The first-order chi connectivity index (χ1) is 10.0. The number of halogens is 1. The van der Waals surface area contributed by atoms with Crippen molar-refractivity contribution in [1.29, 1.82) is 0 Å². The summed E-state index contributed by atoms with van der Waals surface area (Å²) in [5, 5.41) is 4.24. The lowest BCUT2D eigenvalue weighted by Crippen LogP contribution is -2.11. The molecule has 112 valence electrons. The summed E-state index contributed by atoms with van der Waals surface area (Å²) in [6, 6.07) is 3.24. The van der Waals surface area contributed by atoms with E-state index >= 15 is 0 Å². The lowest BCUT2D eigenvalue weighted by atomic mass is 10.1. The van der Waals surface area contributed by atoms with Gasteiger partial charge in [-0.2, -0.15) is 5.10 Å². The molecular formula is C14H15ClN2O4. The molecule has 0 N–H and O–H groups in total. The molecule has 0 aliphatic rings. The molecule has 0 aliphatic carbocycles. The van der Waals surface area contributed by atoms with Gasteiger partial charge in [0.15, 0.2) is 11.5 Å². The first-order valence-corrected chi connectivity index (χ1v) is 6.44. The Morgan fingerprint density at radius 1 is 1.14 bits per heavy atom. The fraction of sp³-hybridized carbons (Fsp3) is 0.286. The number of aryl methyl sites for hydroxylation is 1.